The average Bonchev–Trinajstić information content (AvgIpc) is 3.25. The van der Waals surface area contributed by atoms with Crippen LogP contribution in [0.3, 0.4) is 0 Å². The molecule has 1 amide bonds. The zero-order chi connectivity index (χ0) is 17.4. The summed E-state index contributed by atoms with van der Waals surface area (Å²) < 4.78 is 9.11. The van der Waals surface area contributed by atoms with Gasteiger partial charge in [0.1, 0.15) is 11.4 Å². The third kappa shape index (κ3) is 2.77. The lowest BCUT2D eigenvalue weighted by molar-refractivity contribution is 0.0514. The first-order valence-electron chi connectivity index (χ1n) is 8.13. The number of benzene rings is 1. The molecule has 0 bridgehead atoms. The van der Waals surface area contributed by atoms with Crippen LogP contribution in [0, 0.1) is 6.92 Å². The minimum atomic E-state index is -0.0539. The zero-order valence-electron chi connectivity index (χ0n) is 14.2. The van der Waals surface area contributed by atoms with Gasteiger partial charge in [0.05, 0.1) is 19.5 Å². The molecule has 4 rings (SSSR count). The fourth-order valence-electron chi connectivity index (χ4n) is 3.01. The third-order valence-corrected chi connectivity index (χ3v) is 4.49. The minimum absolute atomic E-state index is 0.0539. The van der Waals surface area contributed by atoms with Gasteiger partial charge in [-0.05, 0) is 30.7 Å². The molecule has 1 fully saturated rings. The molecule has 0 radical (unpaired) electrons. The normalized spacial score (nSPS) is 14.4. The zero-order valence-corrected chi connectivity index (χ0v) is 14.2. The second-order valence-corrected chi connectivity index (χ2v) is 6.19. The monoisotopic (exact) mass is 337 g/mol. The van der Waals surface area contributed by atoms with E-state index in [-0.39, 0.29) is 5.91 Å². The van der Waals surface area contributed by atoms with Crippen molar-refractivity contribution in [3.63, 3.8) is 0 Å². The van der Waals surface area contributed by atoms with Gasteiger partial charge in [0.2, 0.25) is 0 Å². The van der Waals surface area contributed by atoms with Crippen molar-refractivity contribution in [1.29, 1.82) is 0 Å². The smallest absolute Gasteiger partial charge is 0.274 e. The lowest BCUT2D eigenvalue weighted by Gasteiger charge is -2.39. The van der Waals surface area contributed by atoms with Gasteiger partial charge in [0.15, 0.2) is 5.69 Å². The van der Waals surface area contributed by atoms with Gasteiger partial charge in [-0.3, -0.25) is 4.79 Å². The number of methoxy groups -OCH3 is 1. The van der Waals surface area contributed by atoms with Crippen LogP contribution in [0.25, 0.3) is 5.69 Å². The van der Waals surface area contributed by atoms with E-state index in [0.29, 0.717) is 24.8 Å². The third-order valence-electron chi connectivity index (χ3n) is 4.49. The number of amides is 1. The molecule has 1 saturated heterocycles. The number of aryl methyl sites for hydroxylation is 1. The van der Waals surface area contributed by atoms with E-state index in [9.17, 15) is 4.79 Å². The molecule has 0 aliphatic carbocycles. The second-order valence-electron chi connectivity index (χ2n) is 6.19. The van der Waals surface area contributed by atoms with Gasteiger partial charge in [-0.25, -0.2) is 9.67 Å². The topological polar surface area (TPSA) is 65.2 Å². The first-order chi connectivity index (χ1) is 12.2. The van der Waals surface area contributed by atoms with Gasteiger partial charge in [-0.2, -0.15) is 5.10 Å². The molecule has 0 N–H and O–H groups in total. The number of hydrogen-bond acceptors (Lipinski definition) is 4. The molecule has 0 unspecified atom stereocenters. The summed E-state index contributed by atoms with van der Waals surface area (Å²) in [6.45, 7) is 3.36. The van der Waals surface area contributed by atoms with Crippen LogP contribution in [0.4, 0.5) is 0 Å². The molecule has 25 heavy (non-hydrogen) atoms. The van der Waals surface area contributed by atoms with Crippen molar-refractivity contribution in [1.82, 2.24) is 24.2 Å². The molecule has 1 aliphatic heterocycles. The van der Waals surface area contributed by atoms with Crippen molar-refractivity contribution >= 4 is 5.91 Å². The average molecular weight is 337 g/mol. The Morgan fingerprint density at radius 1 is 1.24 bits per heavy atom. The second kappa shape index (κ2) is 6.08. The molecule has 1 aliphatic rings. The van der Waals surface area contributed by atoms with Crippen LogP contribution in [0.2, 0.25) is 0 Å². The quantitative estimate of drug-likeness (QED) is 0.731. The first-order valence-corrected chi connectivity index (χ1v) is 8.13. The van der Waals surface area contributed by atoms with Crippen molar-refractivity contribution in [2.75, 3.05) is 20.2 Å². The number of nitrogens with zero attached hydrogens (tertiary/aromatic N) is 5. The Bertz CT molecular complexity index is 894. The fourth-order valence-corrected chi connectivity index (χ4v) is 3.01. The van der Waals surface area contributed by atoms with Crippen LogP contribution >= 0.6 is 0 Å². The number of rotatable bonds is 4. The van der Waals surface area contributed by atoms with E-state index in [1.54, 1.807) is 41.5 Å². The Hall–Kier alpha value is -3.09. The highest BCUT2D eigenvalue weighted by Crippen LogP contribution is 2.25. The first kappa shape index (κ1) is 15.4. The molecule has 128 valence electrons. The summed E-state index contributed by atoms with van der Waals surface area (Å²) in [6, 6.07) is 7.91. The highest BCUT2D eigenvalue weighted by molar-refractivity contribution is 5.92. The standard InChI is InChI=1S/C18H19N5O2/c1-13-3-4-17(25-2)16(9-13)23-7-5-15(20-23)18(24)22-10-14(11-22)21-8-6-19-12-21/h3-9,12,14H,10-11H2,1-2H3. The summed E-state index contributed by atoms with van der Waals surface area (Å²) in [7, 11) is 1.63. The van der Waals surface area contributed by atoms with Crippen molar-refractivity contribution < 1.29 is 9.53 Å². The number of hydrogen-bond donors (Lipinski definition) is 0. The summed E-state index contributed by atoms with van der Waals surface area (Å²) in [5, 5.41) is 4.45. The van der Waals surface area contributed by atoms with Crippen LogP contribution in [0.15, 0.2) is 49.2 Å². The molecule has 0 saturated carbocycles. The van der Waals surface area contributed by atoms with Gasteiger partial charge in [-0.1, -0.05) is 6.07 Å². The van der Waals surface area contributed by atoms with Crippen molar-refractivity contribution in [2.24, 2.45) is 0 Å². The van der Waals surface area contributed by atoms with Gasteiger partial charge in [0.25, 0.3) is 5.91 Å². The Labute approximate surface area is 145 Å². The summed E-state index contributed by atoms with van der Waals surface area (Å²) in [5.74, 6) is 0.665. The van der Waals surface area contributed by atoms with E-state index < -0.39 is 0 Å². The van der Waals surface area contributed by atoms with Crippen LogP contribution < -0.4 is 4.74 Å². The molecule has 1 aromatic carbocycles. The minimum Gasteiger partial charge on any atom is -0.494 e. The maximum absolute atomic E-state index is 12.6. The SMILES string of the molecule is COc1ccc(C)cc1-n1ccc(C(=O)N2CC(n3ccnc3)C2)n1. The number of imidazole rings is 1. The summed E-state index contributed by atoms with van der Waals surface area (Å²) >= 11 is 0. The largest absolute Gasteiger partial charge is 0.494 e. The lowest BCUT2D eigenvalue weighted by Crippen LogP contribution is -2.50. The Morgan fingerprint density at radius 3 is 2.80 bits per heavy atom. The number of carbonyl (C=O) groups is 1. The van der Waals surface area contributed by atoms with Gasteiger partial charge in [-0.15, -0.1) is 0 Å². The van der Waals surface area contributed by atoms with Gasteiger partial charge < -0.3 is 14.2 Å². The van der Waals surface area contributed by atoms with Crippen LogP contribution in [-0.4, -0.2) is 50.3 Å². The van der Waals surface area contributed by atoms with Crippen LogP contribution in [-0.2, 0) is 0 Å². The van der Waals surface area contributed by atoms with E-state index in [2.05, 4.69) is 10.1 Å². The maximum Gasteiger partial charge on any atom is 0.274 e. The highest BCUT2D eigenvalue weighted by Gasteiger charge is 2.33. The fraction of sp³-hybridized carbons (Fsp3) is 0.278. The van der Waals surface area contributed by atoms with E-state index in [1.165, 1.54) is 0 Å². The van der Waals surface area contributed by atoms with Crippen molar-refractivity contribution in [3.05, 3.63) is 60.4 Å². The van der Waals surface area contributed by atoms with E-state index in [0.717, 1.165) is 17.0 Å². The molecule has 3 aromatic rings. The molecule has 3 heterocycles. The van der Waals surface area contributed by atoms with E-state index in [1.807, 2.05) is 35.9 Å². The molecule has 0 spiro atoms. The Kier molecular flexibility index (Phi) is 3.76. The van der Waals surface area contributed by atoms with E-state index >= 15 is 0 Å². The van der Waals surface area contributed by atoms with Gasteiger partial charge >= 0.3 is 0 Å². The predicted octanol–water partition coefficient (Wildman–Crippen LogP) is 2.08. The number of ether oxygens (including phenoxy) is 1. The van der Waals surface area contributed by atoms with E-state index in [4.69, 9.17) is 4.74 Å². The lowest BCUT2D eigenvalue weighted by atomic mass is 10.1. The van der Waals surface area contributed by atoms with Crippen LogP contribution in [0.1, 0.15) is 22.1 Å². The molecule has 7 nitrogen and oxygen atoms in total. The van der Waals surface area contributed by atoms with Gasteiger partial charge in [0, 0.05) is 31.7 Å². The molecule has 2 aromatic heterocycles. The Balaban J connectivity index is 1.50. The number of likely N-dealkylation sites (tertiary alicyclic amines) is 1. The summed E-state index contributed by atoms with van der Waals surface area (Å²) in [4.78, 5) is 18.4. The molecule has 0 atom stereocenters. The molecular formula is C18H19N5O2. The van der Waals surface area contributed by atoms with Crippen molar-refractivity contribution in [2.45, 2.75) is 13.0 Å². The number of aromatic nitrogens is 4. The predicted molar refractivity (Wildman–Crippen MR) is 92.0 cm³/mol. The Morgan fingerprint density at radius 2 is 2.08 bits per heavy atom. The summed E-state index contributed by atoms with van der Waals surface area (Å²) in [5.41, 5.74) is 2.36. The van der Waals surface area contributed by atoms with Crippen LogP contribution in [0.5, 0.6) is 5.75 Å². The maximum atomic E-state index is 12.6. The van der Waals surface area contributed by atoms with Crippen molar-refractivity contribution in [3.8, 4) is 11.4 Å². The summed E-state index contributed by atoms with van der Waals surface area (Å²) in [6.07, 6.45) is 7.25. The molecule has 7 heteroatoms. The number of carbonyl (C=O) groups excluding carboxylic acids is 1. The highest BCUT2D eigenvalue weighted by atomic mass is 16.5. The molecular weight excluding hydrogens is 318 g/mol.